The molecule has 0 radical (unpaired) electrons. The van der Waals surface area contributed by atoms with Gasteiger partial charge in [0.1, 0.15) is 0 Å². The first-order chi connectivity index (χ1) is 6.18. The number of carbonyl (C=O) groups is 2. The molecule has 74 valence electrons. The van der Waals surface area contributed by atoms with Crippen LogP contribution in [-0.4, -0.2) is 30.2 Å². The number of hydrogen-bond donors (Lipinski definition) is 2. The van der Waals surface area contributed by atoms with Crippen LogP contribution in [0.4, 0.5) is 0 Å². The lowest BCUT2D eigenvalue weighted by Crippen LogP contribution is -2.68. The summed E-state index contributed by atoms with van der Waals surface area (Å²) in [6.45, 7) is 2.88. The molecule has 0 spiro atoms. The van der Waals surface area contributed by atoms with Crippen molar-refractivity contribution < 1.29 is 9.59 Å². The molecule has 13 heavy (non-hydrogen) atoms. The maximum absolute atomic E-state index is 10.9. The Labute approximate surface area is 77.9 Å². The van der Waals surface area contributed by atoms with E-state index in [1.165, 1.54) is 0 Å². The Hall–Kier alpha value is -0.740. The Bertz CT molecular complexity index is 216. The van der Waals surface area contributed by atoms with Gasteiger partial charge < -0.3 is 11.1 Å². The van der Waals surface area contributed by atoms with Gasteiger partial charge in [-0.2, -0.15) is 0 Å². The summed E-state index contributed by atoms with van der Waals surface area (Å²) in [5.74, 6) is -0.794. The normalized spacial score (nSPS) is 27.5. The summed E-state index contributed by atoms with van der Waals surface area (Å²) in [6, 6.07) is -1.02. The maximum atomic E-state index is 10.9. The number of carbonyl (C=O) groups excluding carboxylic acids is 2. The Balaban J connectivity index is 2.16. The van der Waals surface area contributed by atoms with E-state index in [9.17, 15) is 9.59 Å². The third kappa shape index (κ3) is 2.14. The van der Waals surface area contributed by atoms with Gasteiger partial charge >= 0.3 is 0 Å². The fraction of sp³-hybridized carbons (Fsp3) is 0.778. The van der Waals surface area contributed by atoms with Gasteiger partial charge in [0.25, 0.3) is 0 Å². The molecular formula is C9H16N2O2. The van der Waals surface area contributed by atoms with Crippen LogP contribution in [0.25, 0.3) is 0 Å². The van der Waals surface area contributed by atoms with E-state index in [1.54, 1.807) is 0 Å². The van der Waals surface area contributed by atoms with Gasteiger partial charge in [-0.3, -0.25) is 9.59 Å². The molecule has 0 aromatic heterocycles. The summed E-state index contributed by atoms with van der Waals surface area (Å²) in [4.78, 5) is 21.7. The topological polar surface area (TPSA) is 72.2 Å². The molecule has 2 unspecified atom stereocenters. The standard InChI is InChI=1S/C9H16N2O2/c1-2-3-4-5-11-7-6(10)8(12)9(7)13/h6-7,11H,2-5,10H2,1H3. The zero-order valence-corrected chi connectivity index (χ0v) is 7.88. The summed E-state index contributed by atoms with van der Waals surface area (Å²) < 4.78 is 0. The third-order valence-corrected chi connectivity index (χ3v) is 2.33. The first kappa shape index (κ1) is 10.3. The zero-order chi connectivity index (χ0) is 9.84. The van der Waals surface area contributed by atoms with Crippen LogP contribution in [0.5, 0.6) is 0 Å². The lowest BCUT2D eigenvalue weighted by Gasteiger charge is -2.30. The quantitative estimate of drug-likeness (QED) is 0.451. The highest BCUT2D eigenvalue weighted by Gasteiger charge is 2.46. The minimum absolute atomic E-state index is 0.357. The minimum Gasteiger partial charge on any atom is -0.319 e. The van der Waals surface area contributed by atoms with Crippen molar-refractivity contribution in [3.8, 4) is 0 Å². The first-order valence-corrected chi connectivity index (χ1v) is 4.75. The lowest BCUT2D eigenvalue weighted by atomic mass is 9.84. The highest BCUT2D eigenvalue weighted by Crippen LogP contribution is 2.09. The van der Waals surface area contributed by atoms with E-state index in [2.05, 4.69) is 12.2 Å². The van der Waals surface area contributed by atoms with Crippen LogP contribution in [0.15, 0.2) is 0 Å². The van der Waals surface area contributed by atoms with Crippen molar-refractivity contribution in [3.05, 3.63) is 0 Å². The second kappa shape index (κ2) is 4.48. The zero-order valence-electron chi connectivity index (χ0n) is 7.88. The molecule has 1 saturated carbocycles. The monoisotopic (exact) mass is 184 g/mol. The molecule has 0 amide bonds. The number of hydrogen-bond acceptors (Lipinski definition) is 4. The molecule has 1 aliphatic carbocycles. The second-order valence-corrected chi connectivity index (χ2v) is 3.39. The van der Waals surface area contributed by atoms with Crippen molar-refractivity contribution >= 4 is 11.6 Å². The molecular weight excluding hydrogens is 168 g/mol. The summed E-state index contributed by atoms with van der Waals surface area (Å²) in [7, 11) is 0. The molecule has 0 aromatic carbocycles. The summed E-state index contributed by atoms with van der Waals surface area (Å²) in [5.41, 5.74) is 5.44. The largest absolute Gasteiger partial charge is 0.319 e. The van der Waals surface area contributed by atoms with Crippen LogP contribution in [-0.2, 0) is 9.59 Å². The fourth-order valence-electron chi connectivity index (χ4n) is 1.39. The molecule has 1 aliphatic rings. The molecule has 1 fully saturated rings. The SMILES string of the molecule is CCCCCNC1C(=O)C(=O)C1N. The van der Waals surface area contributed by atoms with Crippen LogP contribution >= 0.6 is 0 Å². The first-order valence-electron chi connectivity index (χ1n) is 4.75. The molecule has 4 heteroatoms. The molecule has 4 nitrogen and oxygen atoms in total. The van der Waals surface area contributed by atoms with Crippen LogP contribution in [0.1, 0.15) is 26.2 Å². The van der Waals surface area contributed by atoms with Gasteiger partial charge in [-0.25, -0.2) is 0 Å². The van der Waals surface area contributed by atoms with E-state index in [0.29, 0.717) is 0 Å². The molecule has 3 N–H and O–H groups in total. The van der Waals surface area contributed by atoms with Crippen molar-refractivity contribution in [1.29, 1.82) is 0 Å². The van der Waals surface area contributed by atoms with Gasteiger partial charge in [-0.1, -0.05) is 19.8 Å². The van der Waals surface area contributed by atoms with Crippen molar-refractivity contribution in [2.45, 2.75) is 38.3 Å². The third-order valence-electron chi connectivity index (χ3n) is 2.33. The maximum Gasteiger partial charge on any atom is 0.219 e. The smallest absolute Gasteiger partial charge is 0.219 e. The predicted octanol–water partition coefficient (Wildman–Crippen LogP) is -0.386. The summed E-state index contributed by atoms with van der Waals surface area (Å²) >= 11 is 0. The van der Waals surface area contributed by atoms with E-state index < -0.39 is 17.9 Å². The van der Waals surface area contributed by atoms with Gasteiger partial charge in [-0.15, -0.1) is 0 Å². The van der Waals surface area contributed by atoms with Crippen molar-refractivity contribution in [2.24, 2.45) is 5.73 Å². The van der Waals surface area contributed by atoms with Crippen LogP contribution in [0.3, 0.4) is 0 Å². The number of Topliss-reactive ketones (excluding diaryl/α,β-unsaturated/α-hetero) is 2. The highest BCUT2D eigenvalue weighted by molar-refractivity contribution is 6.48. The summed E-state index contributed by atoms with van der Waals surface area (Å²) in [6.07, 6.45) is 3.31. The van der Waals surface area contributed by atoms with E-state index >= 15 is 0 Å². The fourth-order valence-corrected chi connectivity index (χ4v) is 1.39. The Morgan fingerprint density at radius 3 is 2.54 bits per heavy atom. The lowest BCUT2D eigenvalue weighted by molar-refractivity contribution is -0.146. The van der Waals surface area contributed by atoms with Crippen molar-refractivity contribution in [3.63, 3.8) is 0 Å². The molecule has 0 aromatic rings. The molecule has 1 rings (SSSR count). The van der Waals surface area contributed by atoms with Crippen molar-refractivity contribution in [2.75, 3.05) is 6.54 Å². The minimum atomic E-state index is -0.603. The molecule has 0 heterocycles. The van der Waals surface area contributed by atoms with Gasteiger partial charge in [0.2, 0.25) is 11.6 Å². The Morgan fingerprint density at radius 2 is 2.00 bits per heavy atom. The second-order valence-electron chi connectivity index (χ2n) is 3.39. The van der Waals surface area contributed by atoms with Crippen LogP contribution in [0, 0.1) is 0 Å². The average molecular weight is 184 g/mol. The Morgan fingerprint density at radius 1 is 1.31 bits per heavy atom. The predicted molar refractivity (Wildman–Crippen MR) is 49.3 cm³/mol. The van der Waals surface area contributed by atoms with Crippen LogP contribution in [0.2, 0.25) is 0 Å². The van der Waals surface area contributed by atoms with Gasteiger partial charge in [0.05, 0.1) is 12.1 Å². The van der Waals surface area contributed by atoms with Gasteiger partial charge in [-0.05, 0) is 13.0 Å². The molecule has 0 saturated heterocycles. The van der Waals surface area contributed by atoms with E-state index in [1.807, 2.05) is 0 Å². The number of rotatable bonds is 5. The average Bonchev–Trinajstić information content (AvgIpc) is 2.16. The van der Waals surface area contributed by atoms with E-state index in [4.69, 9.17) is 5.73 Å². The Kier molecular flexibility index (Phi) is 3.57. The van der Waals surface area contributed by atoms with E-state index in [-0.39, 0.29) is 5.78 Å². The molecule has 0 aliphatic heterocycles. The highest BCUT2D eigenvalue weighted by atomic mass is 16.2. The number of unbranched alkanes of at least 4 members (excludes halogenated alkanes) is 2. The molecule has 0 bridgehead atoms. The number of nitrogens with one attached hydrogen (secondary N) is 1. The van der Waals surface area contributed by atoms with Crippen LogP contribution < -0.4 is 11.1 Å². The summed E-state index contributed by atoms with van der Waals surface area (Å²) in [5, 5.41) is 2.99. The van der Waals surface area contributed by atoms with E-state index in [0.717, 1.165) is 25.8 Å². The number of nitrogens with two attached hydrogens (primary N) is 1. The van der Waals surface area contributed by atoms with Gasteiger partial charge in [0, 0.05) is 0 Å². The van der Waals surface area contributed by atoms with Crippen molar-refractivity contribution in [1.82, 2.24) is 5.32 Å². The van der Waals surface area contributed by atoms with Gasteiger partial charge in [0.15, 0.2) is 0 Å². The number of ketones is 2. The molecule has 2 atom stereocenters.